The Morgan fingerprint density at radius 2 is 1.03 bits per heavy atom. The van der Waals surface area contributed by atoms with Crippen LogP contribution in [0.4, 0.5) is 50.9 Å². The van der Waals surface area contributed by atoms with Crippen molar-refractivity contribution in [1.29, 1.82) is 0 Å². The van der Waals surface area contributed by atoms with Gasteiger partial charge in [-0.05, 0) is 87.9 Å². The van der Waals surface area contributed by atoms with Crippen LogP contribution in [0.15, 0.2) is 24.3 Å². The second-order valence-electron chi connectivity index (χ2n) is 7.53. The van der Waals surface area contributed by atoms with Crippen molar-refractivity contribution in [3.05, 3.63) is 53.7 Å². The Labute approximate surface area is 213 Å². The SMILES string of the molecule is CC(O)(c1cc(Cc2cc(I)c(N)c(C(O)(C(F)(F)F)C(F)(F)F)c2)cc(I)c1N)C(F)(F)F. The summed E-state index contributed by atoms with van der Waals surface area (Å²) in [5.74, 6) is 0. The summed E-state index contributed by atoms with van der Waals surface area (Å²) in [6, 6.07) is 3.63. The van der Waals surface area contributed by atoms with Crippen LogP contribution in [0.1, 0.15) is 29.2 Å². The molecular weight excluding hydrogens is 713 g/mol. The number of hydrogen-bond acceptors (Lipinski definition) is 4. The van der Waals surface area contributed by atoms with Crippen molar-refractivity contribution in [2.24, 2.45) is 0 Å². The predicted molar refractivity (Wildman–Crippen MR) is 122 cm³/mol. The largest absolute Gasteiger partial charge is 0.430 e. The van der Waals surface area contributed by atoms with Gasteiger partial charge in [-0.3, -0.25) is 0 Å². The Bertz CT molecular complexity index is 1080. The van der Waals surface area contributed by atoms with E-state index in [1.807, 2.05) is 0 Å². The van der Waals surface area contributed by atoms with Crippen LogP contribution in [0.5, 0.6) is 0 Å². The van der Waals surface area contributed by atoms with Crippen molar-refractivity contribution in [2.75, 3.05) is 11.5 Å². The molecule has 6 N–H and O–H groups in total. The molecule has 190 valence electrons. The first-order valence-corrected chi connectivity index (χ1v) is 11.0. The van der Waals surface area contributed by atoms with Gasteiger partial charge in [0.25, 0.3) is 5.60 Å². The van der Waals surface area contributed by atoms with Crippen LogP contribution < -0.4 is 11.5 Å². The standard InChI is InChI=1S/C19H15F9I2N2O2/c1-15(33,17(20,21)22)9-3-7(5-11(29)13(9)31)2-8-4-10(14(32)12(30)6-8)16(34,18(23,24)25)19(26,27)28/h3-6,33-34H,2,31-32H2,1H3. The maximum atomic E-state index is 13.4. The molecule has 1 unspecified atom stereocenters. The smallest absolute Gasteiger partial charge is 0.398 e. The normalized spacial score (nSPS) is 15.4. The summed E-state index contributed by atoms with van der Waals surface area (Å²) in [4.78, 5) is 0. The molecule has 2 aromatic carbocycles. The van der Waals surface area contributed by atoms with E-state index in [9.17, 15) is 49.7 Å². The van der Waals surface area contributed by atoms with Gasteiger partial charge in [0.1, 0.15) is 0 Å². The van der Waals surface area contributed by atoms with Gasteiger partial charge in [-0.15, -0.1) is 0 Å². The lowest BCUT2D eigenvalue weighted by atomic mass is 9.87. The van der Waals surface area contributed by atoms with E-state index in [0.717, 1.165) is 12.1 Å². The Kier molecular flexibility index (Phi) is 7.70. The molecule has 0 aliphatic rings. The van der Waals surface area contributed by atoms with E-state index in [-0.39, 0.29) is 18.3 Å². The molecule has 0 spiro atoms. The molecule has 0 aliphatic carbocycles. The van der Waals surface area contributed by atoms with Crippen molar-refractivity contribution in [2.45, 2.75) is 43.1 Å². The maximum Gasteiger partial charge on any atom is 0.430 e. The lowest BCUT2D eigenvalue weighted by molar-refractivity contribution is -0.376. The summed E-state index contributed by atoms with van der Waals surface area (Å²) in [6.07, 6.45) is -18.0. The third kappa shape index (κ3) is 5.02. The molecule has 0 aromatic heterocycles. The molecule has 4 nitrogen and oxygen atoms in total. The number of benzene rings is 2. The van der Waals surface area contributed by atoms with Gasteiger partial charge in [-0.25, -0.2) is 0 Å². The minimum atomic E-state index is -6.18. The topological polar surface area (TPSA) is 92.5 Å². The average molecular weight is 728 g/mol. The molecule has 0 saturated carbocycles. The molecule has 0 fully saturated rings. The highest BCUT2D eigenvalue weighted by molar-refractivity contribution is 14.1. The van der Waals surface area contributed by atoms with Crippen molar-refractivity contribution in [3.63, 3.8) is 0 Å². The van der Waals surface area contributed by atoms with E-state index in [1.54, 1.807) is 22.6 Å². The van der Waals surface area contributed by atoms with Crippen molar-refractivity contribution >= 4 is 56.6 Å². The average Bonchev–Trinajstić information content (AvgIpc) is 2.63. The zero-order valence-corrected chi connectivity index (χ0v) is 21.0. The Morgan fingerprint density at radius 3 is 1.38 bits per heavy atom. The van der Waals surface area contributed by atoms with Crippen molar-refractivity contribution in [1.82, 2.24) is 0 Å². The van der Waals surface area contributed by atoms with Gasteiger partial charge in [0, 0.05) is 18.3 Å². The first-order chi connectivity index (χ1) is 15.1. The molecule has 34 heavy (non-hydrogen) atoms. The van der Waals surface area contributed by atoms with Crippen LogP contribution >= 0.6 is 45.2 Å². The Morgan fingerprint density at radius 1 is 0.676 bits per heavy atom. The number of hydrogen-bond donors (Lipinski definition) is 4. The molecule has 15 heteroatoms. The van der Waals surface area contributed by atoms with E-state index in [1.165, 1.54) is 28.7 Å². The minimum Gasteiger partial charge on any atom is -0.398 e. The summed E-state index contributed by atoms with van der Waals surface area (Å²) in [5, 5.41) is 19.8. The molecule has 0 heterocycles. The first-order valence-electron chi connectivity index (χ1n) is 8.87. The van der Waals surface area contributed by atoms with Crippen LogP contribution in [0.25, 0.3) is 0 Å². The molecule has 0 bridgehead atoms. The van der Waals surface area contributed by atoms with Crippen molar-refractivity contribution < 1.29 is 49.7 Å². The highest BCUT2D eigenvalue weighted by Crippen LogP contribution is 2.52. The molecule has 1 atom stereocenters. The minimum absolute atomic E-state index is 0.00722. The summed E-state index contributed by atoms with van der Waals surface area (Å²) in [6.45, 7) is 0.454. The van der Waals surface area contributed by atoms with Crippen LogP contribution in [0.3, 0.4) is 0 Å². The van der Waals surface area contributed by atoms with Crippen LogP contribution in [0, 0.1) is 7.14 Å². The van der Waals surface area contributed by atoms with E-state index in [4.69, 9.17) is 11.5 Å². The molecule has 0 aliphatic heterocycles. The number of alkyl halides is 9. The van der Waals surface area contributed by atoms with Gasteiger partial charge < -0.3 is 21.7 Å². The zero-order chi connectivity index (χ0) is 26.7. The van der Waals surface area contributed by atoms with Gasteiger partial charge in [0.05, 0.1) is 11.4 Å². The molecule has 2 aromatic rings. The van der Waals surface area contributed by atoms with E-state index < -0.39 is 58.7 Å². The third-order valence-corrected chi connectivity index (χ3v) is 6.86. The summed E-state index contributed by atoms with van der Waals surface area (Å²) >= 11 is 2.95. The van der Waals surface area contributed by atoms with E-state index >= 15 is 0 Å². The lowest BCUT2D eigenvalue weighted by Gasteiger charge is -2.34. The van der Waals surface area contributed by atoms with E-state index in [2.05, 4.69) is 0 Å². The predicted octanol–water partition coefficient (Wildman–Crippen LogP) is 5.73. The molecular formula is C19H15F9I2N2O2. The fourth-order valence-corrected chi connectivity index (χ4v) is 4.49. The second-order valence-corrected chi connectivity index (χ2v) is 9.85. The number of nitrogen functional groups attached to an aromatic ring is 2. The van der Waals surface area contributed by atoms with Crippen LogP contribution in [-0.2, 0) is 17.6 Å². The molecule has 0 amide bonds. The number of nitrogens with two attached hydrogens (primary N) is 2. The second kappa shape index (κ2) is 9.02. The number of aliphatic hydroxyl groups is 2. The van der Waals surface area contributed by atoms with E-state index in [0.29, 0.717) is 13.0 Å². The molecule has 2 rings (SSSR count). The van der Waals surface area contributed by atoms with Gasteiger partial charge >= 0.3 is 18.5 Å². The maximum absolute atomic E-state index is 13.4. The van der Waals surface area contributed by atoms with Crippen LogP contribution in [-0.4, -0.2) is 28.7 Å². The monoisotopic (exact) mass is 728 g/mol. The zero-order valence-electron chi connectivity index (χ0n) is 16.7. The quantitative estimate of drug-likeness (QED) is 0.184. The molecule has 0 radical (unpaired) electrons. The fraction of sp³-hybridized carbons (Fsp3) is 0.368. The Hall–Kier alpha value is -1.21. The van der Waals surface area contributed by atoms with Gasteiger partial charge in [0.2, 0.25) is 0 Å². The van der Waals surface area contributed by atoms with Crippen molar-refractivity contribution in [3.8, 4) is 0 Å². The van der Waals surface area contributed by atoms with Gasteiger partial charge in [-0.2, -0.15) is 39.5 Å². The summed E-state index contributed by atoms with van der Waals surface area (Å²) < 4.78 is 120. The number of anilines is 2. The van der Waals surface area contributed by atoms with Crippen LogP contribution in [0.2, 0.25) is 0 Å². The van der Waals surface area contributed by atoms with Gasteiger partial charge in [-0.1, -0.05) is 6.07 Å². The number of rotatable bonds is 4. The third-order valence-electron chi connectivity index (χ3n) is 5.07. The fourth-order valence-electron chi connectivity index (χ4n) is 3.11. The summed E-state index contributed by atoms with van der Waals surface area (Å²) in [7, 11) is 0. The molecule has 0 saturated heterocycles. The summed E-state index contributed by atoms with van der Waals surface area (Å²) in [5.41, 5.74) is -1.55. The number of halogens is 11. The first kappa shape index (κ1) is 29.0. The highest BCUT2D eigenvalue weighted by atomic mass is 127. The highest BCUT2D eigenvalue weighted by Gasteiger charge is 2.72. The van der Waals surface area contributed by atoms with Gasteiger partial charge in [0.15, 0.2) is 5.60 Å². The Balaban J connectivity index is 2.71. The lowest BCUT2D eigenvalue weighted by Crippen LogP contribution is -2.54.